The van der Waals surface area contributed by atoms with Crippen LogP contribution in [0.3, 0.4) is 0 Å². The highest BCUT2D eigenvalue weighted by Crippen LogP contribution is 2.36. The highest BCUT2D eigenvalue weighted by atomic mass is 32.2. The molecule has 28 nitrogen and oxygen atoms in total. The fourth-order valence-corrected chi connectivity index (χ4v) is 11.8. The number of aliphatic hydroxyl groups is 6. The number of ether oxygens (including phenoxy) is 6. The fourth-order valence-electron chi connectivity index (χ4n) is 10.2. The molecule has 14 N–H and O–H groups in total. The van der Waals surface area contributed by atoms with Crippen LogP contribution in [0.25, 0.3) is 0 Å². The molecule has 96 heavy (non-hydrogen) atoms. The lowest BCUT2D eigenvalue weighted by atomic mass is 9.88. The maximum absolute atomic E-state index is 13.0. The molecule has 0 radical (unpaired) electrons. The Bertz CT molecular complexity index is 3150. The van der Waals surface area contributed by atoms with E-state index in [9.17, 15) is 79.2 Å². The van der Waals surface area contributed by atoms with E-state index in [2.05, 4.69) is 31.9 Å². The Labute approximate surface area is 561 Å². The number of rotatable bonds is 36. The van der Waals surface area contributed by atoms with Gasteiger partial charge in [0.2, 0.25) is 11.8 Å². The average Bonchev–Trinajstić information content (AvgIpc) is 0.776. The lowest BCUT2D eigenvalue weighted by Crippen LogP contribution is -2.68. The van der Waals surface area contributed by atoms with Crippen molar-refractivity contribution in [3.05, 3.63) is 156 Å². The number of thioether (sulfide) groups is 2. The van der Waals surface area contributed by atoms with E-state index in [0.717, 1.165) is 13.8 Å². The Balaban J connectivity index is 0.770. The number of carboxylic acid groups (broad SMARTS) is 2. The van der Waals surface area contributed by atoms with Crippen LogP contribution >= 0.6 is 23.5 Å². The number of aliphatic carboxylic acids is 2. The molecule has 6 amide bonds. The van der Waals surface area contributed by atoms with Gasteiger partial charge in [-0.2, -0.15) is 23.5 Å². The van der Waals surface area contributed by atoms with Crippen molar-refractivity contribution in [3.63, 3.8) is 0 Å². The van der Waals surface area contributed by atoms with Crippen LogP contribution in [0.15, 0.2) is 133 Å². The number of hydrogen-bond acceptors (Lipinski definition) is 22. The van der Waals surface area contributed by atoms with E-state index in [1.54, 1.807) is 72.8 Å². The maximum Gasteiger partial charge on any atom is 0.364 e. The van der Waals surface area contributed by atoms with Crippen molar-refractivity contribution in [2.24, 2.45) is 0 Å². The summed E-state index contributed by atoms with van der Waals surface area (Å²) in [6.07, 6.45) is -14.9. The van der Waals surface area contributed by atoms with Gasteiger partial charge in [-0.15, -0.1) is 0 Å². The molecule has 0 saturated carbocycles. The van der Waals surface area contributed by atoms with Crippen LogP contribution < -0.4 is 41.4 Å². The molecular formula is C66H80N6O22S2. The highest BCUT2D eigenvalue weighted by molar-refractivity contribution is 7.99. The molecule has 2 aliphatic rings. The van der Waals surface area contributed by atoms with E-state index in [-0.39, 0.29) is 50.3 Å². The third kappa shape index (κ3) is 21.9. The molecule has 2 fully saturated rings. The lowest BCUT2D eigenvalue weighted by molar-refractivity contribution is -0.310. The van der Waals surface area contributed by atoms with E-state index in [4.69, 9.17) is 28.4 Å². The van der Waals surface area contributed by atoms with Crippen LogP contribution in [-0.2, 0) is 38.1 Å². The van der Waals surface area contributed by atoms with E-state index >= 15 is 0 Å². The number of hydrogen-bond donors (Lipinski definition) is 14. The van der Waals surface area contributed by atoms with Crippen molar-refractivity contribution < 1.29 is 108 Å². The molecule has 7 rings (SSSR count). The average molecular weight is 1370 g/mol. The van der Waals surface area contributed by atoms with Crippen LogP contribution in [0.4, 0.5) is 0 Å². The van der Waals surface area contributed by atoms with Gasteiger partial charge in [-0.05, 0) is 121 Å². The maximum atomic E-state index is 13.0. The van der Waals surface area contributed by atoms with Crippen LogP contribution in [-0.4, -0.2) is 223 Å². The van der Waals surface area contributed by atoms with Gasteiger partial charge >= 0.3 is 11.9 Å². The summed E-state index contributed by atoms with van der Waals surface area (Å²) in [6.45, 7) is 1.31. The van der Waals surface area contributed by atoms with Gasteiger partial charge in [0.15, 0.2) is 0 Å². The van der Waals surface area contributed by atoms with Gasteiger partial charge in [0.05, 0.1) is 49.7 Å². The largest absolute Gasteiger partial charge is 0.477 e. The number of benzene rings is 5. The molecule has 0 aliphatic carbocycles. The predicted molar refractivity (Wildman–Crippen MR) is 348 cm³/mol. The molecule has 12 atom stereocenters. The van der Waals surface area contributed by atoms with Crippen molar-refractivity contribution >= 4 is 70.9 Å². The summed E-state index contributed by atoms with van der Waals surface area (Å²) in [4.78, 5) is 102. The molecule has 0 spiro atoms. The molecule has 0 bridgehead atoms. The number of nitrogens with one attached hydrogen (secondary N) is 6. The zero-order valence-corrected chi connectivity index (χ0v) is 54.1. The summed E-state index contributed by atoms with van der Waals surface area (Å²) in [5, 5.41) is 103. The minimum atomic E-state index is -2.50. The van der Waals surface area contributed by atoms with Gasteiger partial charge in [0.25, 0.3) is 35.2 Å². The first-order valence-corrected chi connectivity index (χ1v) is 33.1. The first-order valence-electron chi connectivity index (χ1n) is 30.7. The summed E-state index contributed by atoms with van der Waals surface area (Å²) in [7, 11) is 0. The number of carboxylic acids is 2. The molecule has 0 aromatic heterocycles. The minimum Gasteiger partial charge on any atom is -0.477 e. The Hall–Kier alpha value is -8.24. The number of carbonyl (C=O) groups excluding carboxylic acids is 6. The van der Waals surface area contributed by atoms with Crippen molar-refractivity contribution in [2.75, 3.05) is 62.4 Å². The van der Waals surface area contributed by atoms with Gasteiger partial charge in [0, 0.05) is 86.6 Å². The van der Waals surface area contributed by atoms with E-state index in [1.807, 2.05) is 12.1 Å². The molecule has 518 valence electrons. The zero-order valence-electron chi connectivity index (χ0n) is 52.5. The number of para-hydroxylation sites is 2. The second kappa shape index (κ2) is 36.8. The smallest absolute Gasteiger partial charge is 0.364 e. The molecule has 5 aromatic carbocycles. The number of aliphatic hydroxyl groups excluding tert-OH is 6. The van der Waals surface area contributed by atoms with Crippen molar-refractivity contribution in [3.8, 4) is 23.0 Å². The first kappa shape index (κ1) is 75.1. The summed E-state index contributed by atoms with van der Waals surface area (Å²) in [5.74, 6) is -7.73. The summed E-state index contributed by atoms with van der Waals surface area (Å²) < 4.78 is 34.6. The van der Waals surface area contributed by atoms with Crippen LogP contribution in [0.2, 0.25) is 0 Å². The van der Waals surface area contributed by atoms with Crippen LogP contribution in [0.1, 0.15) is 81.0 Å². The monoisotopic (exact) mass is 1370 g/mol. The summed E-state index contributed by atoms with van der Waals surface area (Å²) in [5.41, 5.74) is 0.985. The molecule has 0 unspecified atom stereocenters. The van der Waals surface area contributed by atoms with Crippen molar-refractivity contribution in [1.29, 1.82) is 0 Å². The Morgan fingerprint density at radius 3 is 1.10 bits per heavy atom. The molecular weight excluding hydrogens is 1290 g/mol. The summed E-state index contributed by atoms with van der Waals surface area (Å²) >= 11 is 2.83. The highest BCUT2D eigenvalue weighted by Gasteiger charge is 2.57. The molecule has 2 aliphatic heterocycles. The fraction of sp³-hybridized carbons (Fsp3) is 0.424. The molecule has 2 heterocycles. The van der Waals surface area contributed by atoms with Crippen molar-refractivity contribution in [1.82, 2.24) is 31.9 Å². The Morgan fingerprint density at radius 1 is 0.469 bits per heavy atom. The Morgan fingerprint density at radius 2 is 0.781 bits per heavy atom. The van der Waals surface area contributed by atoms with Gasteiger partial charge in [0.1, 0.15) is 47.4 Å². The summed E-state index contributed by atoms with van der Waals surface area (Å²) in [6, 6.07) is 33.4. The first-order chi connectivity index (χ1) is 46.0. The third-order valence-corrected chi connectivity index (χ3v) is 17.3. The minimum absolute atomic E-state index is 0.194. The second-order valence-corrected chi connectivity index (χ2v) is 24.9. The van der Waals surface area contributed by atoms with Gasteiger partial charge in [-0.25, -0.2) is 9.59 Å². The molecule has 30 heteroatoms. The van der Waals surface area contributed by atoms with E-state index in [1.165, 1.54) is 72.1 Å². The van der Waals surface area contributed by atoms with Crippen LogP contribution in [0.5, 0.6) is 23.0 Å². The SMILES string of the molecule is CC(=O)N[C@H]1[C@H]([C@H](O)[C@H](O)CNC(=O)c2ccc(Oc3ccccc3)cc2)O[C@@](OCCCSCCNC(=O)c2ccc(C(=O)NCCSCCCO[C@]3(C(=O)O)C[C@H](O)[C@@H](NC(C)=O)[C@H]([C@H](O)[C@@H](O)CNC(=O)c4ccc(Oc5ccccc5)cc4)O3)cc2)(C(=O)O)C[C@@H]1O. The molecule has 2 saturated heterocycles. The van der Waals surface area contributed by atoms with Crippen LogP contribution in [0, 0.1) is 0 Å². The number of carbonyl (C=O) groups is 8. The van der Waals surface area contributed by atoms with E-state index < -0.39 is 146 Å². The van der Waals surface area contributed by atoms with Gasteiger partial charge in [-0.3, -0.25) is 28.8 Å². The zero-order chi connectivity index (χ0) is 69.4. The predicted octanol–water partition coefficient (Wildman–Crippen LogP) is 2.19. The quantitative estimate of drug-likeness (QED) is 0.0256. The number of amides is 6. The topological polar surface area (TPSA) is 426 Å². The second-order valence-electron chi connectivity index (χ2n) is 22.4. The Kier molecular flexibility index (Phi) is 28.8. The van der Waals surface area contributed by atoms with Gasteiger partial charge < -0.3 is 101 Å². The standard InChI is InChI=1S/C66H80N6O22S2/c1-39(73)71-53-49(75)35-65(63(85)86,93-57(53)55(79)51(77)37-69-61(83)43-19-23-47(24-20-43)91-45-11-5-3-6-12-45)89-29-9-31-95-33-27-67-59(81)41-15-17-42(18-16-41)60(82)68-28-34-96-32-10-30-90-66(64(87)88)36-50(76)54(72-40(2)74)58(94-66)56(80)52(78)38-70-62(84)44-21-25-48(26-22-44)92-46-13-7-4-8-14-46/h3-8,11-26,49-58,75-80H,9-10,27-38H2,1-2H3,(H,67,81)(H,68,82)(H,69,83)(H,70,84)(H,71,73)(H,72,74)(H,85,86)(H,87,88)/t49-,50-,51-,52+,53+,54+,55+,56+,57+,58+,65+,66+/m0/s1. The normalized spacial score (nSPS) is 22.0. The lowest BCUT2D eigenvalue weighted by Gasteiger charge is -2.46. The van der Waals surface area contributed by atoms with Gasteiger partial charge in [-0.1, -0.05) is 36.4 Å². The molecule has 5 aromatic rings. The van der Waals surface area contributed by atoms with Crippen molar-refractivity contribution in [2.45, 2.75) is 112 Å². The van der Waals surface area contributed by atoms with E-state index in [0.29, 0.717) is 57.1 Å². The third-order valence-electron chi connectivity index (χ3n) is 15.1.